The zero-order valence-corrected chi connectivity index (χ0v) is 9.22. The Hall–Kier alpha value is 0.137. The smallest absolute Gasteiger partial charge is 0.146 e. The fourth-order valence-corrected chi connectivity index (χ4v) is 0.730. The van der Waals surface area contributed by atoms with Crippen molar-refractivity contribution in [1.29, 1.82) is 0 Å². The largest absolute Gasteiger partial charge is 0.426 e. The Bertz CT molecular complexity index is 66.6. The summed E-state index contributed by atoms with van der Waals surface area (Å²) in [6.07, 6.45) is 1.15. The molecule has 10 heavy (non-hydrogen) atoms. The van der Waals surface area contributed by atoms with Gasteiger partial charge in [-0.3, -0.25) is 0 Å². The summed E-state index contributed by atoms with van der Waals surface area (Å²) in [5.74, 6) is 0.747. The Morgan fingerprint density at radius 1 is 1.20 bits per heavy atom. The van der Waals surface area contributed by atoms with Crippen LogP contribution in [-0.4, -0.2) is 30.3 Å². The topological polar surface area (TPSA) is 18.5 Å². The highest BCUT2D eigenvalue weighted by molar-refractivity contribution is 5.97. The fourth-order valence-electron chi connectivity index (χ4n) is 0.563. The summed E-state index contributed by atoms with van der Waals surface area (Å²) in [6, 6.07) is 0. The molecular formula is C7H18O2Si. The van der Waals surface area contributed by atoms with E-state index < -0.39 is 0 Å². The van der Waals surface area contributed by atoms with Crippen LogP contribution in [0.4, 0.5) is 0 Å². The summed E-state index contributed by atoms with van der Waals surface area (Å²) in [6.45, 7) is 6.81. The maximum Gasteiger partial charge on any atom is 0.146 e. The van der Waals surface area contributed by atoms with Gasteiger partial charge in [-0.2, -0.15) is 0 Å². The second kappa shape index (κ2) is 7.25. The van der Waals surface area contributed by atoms with Gasteiger partial charge in [0, 0.05) is 6.61 Å². The highest BCUT2D eigenvalue weighted by atomic mass is 28.2. The van der Waals surface area contributed by atoms with Gasteiger partial charge in [-0.05, 0) is 12.3 Å². The molecule has 3 heteroatoms. The van der Waals surface area contributed by atoms with E-state index in [0.29, 0.717) is 0 Å². The molecule has 0 atom stereocenters. The summed E-state index contributed by atoms with van der Waals surface area (Å²) >= 11 is 0. The summed E-state index contributed by atoms with van der Waals surface area (Å²) in [4.78, 5) is 0. The maximum atomic E-state index is 5.28. The Balaban J connectivity index is 2.77. The lowest BCUT2D eigenvalue weighted by molar-refractivity contribution is 0.0954. The molecule has 0 aliphatic rings. The average molecular weight is 162 g/mol. The van der Waals surface area contributed by atoms with Gasteiger partial charge in [0.15, 0.2) is 0 Å². The molecule has 0 fully saturated rings. The van der Waals surface area contributed by atoms with E-state index >= 15 is 0 Å². The number of hydrogen-bond donors (Lipinski definition) is 0. The molecule has 0 heterocycles. The van der Waals surface area contributed by atoms with Crippen LogP contribution in [0.3, 0.4) is 0 Å². The minimum absolute atomic E-state index is 0.747. The van der Waals surface area contributed by atoms with Crippen molar-refractivity contribution >= 4 is 10.5 Å². The second-order valence-corrected chi connectivity index (χ2v) is 3.37. The van der Waals surface area contributed by atoms with Crippen LogP contribution in [0.15, 0.2) is 0 Å². The third kappa shape index (κ3) is 8.14. The van der Waals surface area contributed by atoms with Gasteiger partial charge in [0.05, 0.1) is 13.2 Å². The highest BCUT2D eigenvalue weighted by Crippen LogP contribution is 1.98. The molecule has 2 nitrogen and oxygen atoms in total. The van der Waals surface area contributed by atoms with E-state index in [4.69, 9.17) is 9.16 Å². The van der Waals surface area contributed by atoms with Crippen molar-refractivity contribution in [1.82, 2.24) is 0 Å². The lowest BCUT2D eigenvalue weighted by Crippen LogP contribution is -2.05. The van der Waals surface area contributed by atoms with Crippen molar-refractivity contribution in [2.24, 2.45) is 5.92 Å². The van der Waals surface area contributed by atoms with E-state index in [1.54, 1.807) is 0 Å². The van der Waals surface area contributed by atoms with Crippen LogP contribution in [0.25, 0.3) is 0 Å². The third-order valence-corrected chi connectivity index (χ3v) is 1.68. The molecule has 0 N–H and O–H groups in total. The number of hydrogen-bond acceptors (Lipinski definition) is 2. The zero-order valence-electron chi connectivity index (χ0n) is 7.22. The van der Waals surface area contributed by atoms with Crippen LogP contribution >= 0.6 is 0 Å². The van der Waals surface area contributed by atoms with Gasteiger partial charge in [-0.1, -0.05) is 13.8 Å². The van der Waals surface area contributed by atoms with Gasteiger partial charge in [0.25, 0.3) is 0 Å². The number of ether oxygens (including phenoxy) is 1. The highest BCUT2D eigenvalue weighted by Gasteiger charge is 1.92. The van der Waals surface area contributed by atoms with Crippen molar-refractivity contribution in [2.45, 2.75) is 20.3 Å². The molecule has 0 aliphatic heterocycles. The Morgan fingerprint density at radius 3 is 2.40 bits per heavy atom. The van der Waals surface area contributed by atoms with Gasteiger partial charge in [-0.25, -0.2) is 0 Å². The average Bonchev–Trinajstić information content (AvgIpc) is 1.87. The summed E-state index contributed by atoms with van der Waals surface area (Å²) in [7, 11) is 0.824. The first-order chi connectivity index (χ1) is 4.77. The van der Waals surface area contributed by atoms with Crippen molar-refractivity contribution in [2.75, 3.05) is 19.8 Å². The maximum absolute atomic E-state index is 5.28. The molecule has 0 aromatic heterocycles. The van der Waals surface area contributed by atoms with Crippen LogP contribution in [-0.2, 0) is 9.16 Å². The van der Waals surface area contributed by atoms with Gasteiger partial charge in [-0.15, -0.1) is 0 Å². The SMILES string of the molecule is CC(C)CCOCCO[SiH3]. The van der Waals surface area contributed by atoms with E-state index in [9.17, 15) is 0 Å². The molecular weight excluding hydrogens is 144 g/mol. The summed E-state index contributed by atoms with van der Waals surface area (Å²) in [5.41, 5.74) is 0. The molecule has 62 valence electrons. The Morgan fingerprint density at radius 2 is 1.90 bits per heavy atom. The van der Waals surface area contributed by atoms with Crippen molar-refractivity contribution in [3.8, 4) is 0 Å². The van der Waals surface area contributed by atoms with Gasteiger partial charge < -0.3 is 9.16 Å². The molecule has 0 spiro atoms. The lowest BCUT2D eigenvalue weighted by atomic mass is 10.1. The van der Waals surface area contributed by atoms with Crippen molar-refractivity contribution in [3.05, 3.63) is 0 Å². The molecule has 0 unspecified atom stereocenters. The molecule has 0 aliphatic carbocycles. The molecule has 0 bridgehead atoms. The van der Waals surface area contributed by atoms with Crippen LogP contribution < -0.4 is 0 Å². The van der Waals surface area contributed by atoms with E-state index in [0.717, 1.165) is 42.6 Å². The van der Waals surface area contributed by atoms with E-state index in [1.165, 1.54) is 0 Å². The Kier molecular flexibility index (Phi) is 7.35. The van der Waals surface area contributed by atoms with Crippen LogP contribution in [0.5, 0.6) is 0 Å². The first-order valence-corrected chi connectivity index (χ1v) is 4.65. The van der Waals surface area contributed by atoms with E-state index in [2.05, 4.69) is 13.8 Å². The normalized spacial score (nSPS) is 11.1. The van der Waals surface area contributed by atoms with Gasteiger partial charge in [0.2, 0.25) is 0 Å². The fraction of sp³-hybridized carbons (Fsp3) is 1.00. The molecule has 0 aromatic rings. The van der Waals surface area contributed by atoms with Crippen molar-refractivity contribution < 1.29 is 9.16 Å². The molecule has 0 saturated heterocycles. The Labute approximate surface area is 66.5 Å². The van der Waals surface area contributed by atoms with Crippen molar-refractivity contribution in [3.63, 3.8) is 0 Å². The summed E-state index contributed by atoms with van der Waals surface area (Å²) in [5, 5.41) is 0. The predicted molar refractivity (Wildman–Crippen MR) is 46.2 cm³/mol. The molecule has 0 saturated carbocycles. The lowest BCUT2D eigenvalue weighted by Gasteiger charge is -2.05. The minimum Gasteiger partial charge on any atom is -0.426 e. The monoisotopic (exact) mass is 162 g/mol. The molecule has 0 rings (SSSR count). The predicted octanol–water partition coefficient (Wildman–Crippen LogP) is 0.346. The quantitative estimate of drug-likeness (QED) is 0.414. The molecule has 0 aromatic carbocycles. The van der Waals surface area contributed by atoms with Crippen LogP contribution in [0.1, 0.15) is 20.3 Å². The second-order valence-electron chi connectivity index (χ2n) is 2.79. The third-order valence-electron chi connectivity index (χ3n) is 1.27. The van der Waals surface area contributed by atoms with E-state index in [1.807, 2.05) is 0 Å². The standard InChI is InChI=1S/C7H18O2Si/c1-7(2)3-4-8-5-6-9-10/h7H,3-6H2,1-2,10H3. The van der Waals surface area contributed by atoms with Gasteiger partial charge >= 0.3 is 0 Å². The van der Waals surface area contributed by atoms with Gasteiger partial charge in [0.1, 0.15) is 10.5 Å². The molecule has 0 amide bonds. The summed E-state index contributed by atoms with van der Waals surface area (Å²) < 4.78 is 10.2. The molecule has 0 radical (unpaired) electrons. The zero-order chi connectivity index (χ0) is 7.82. The first kappa shape index (κ1) is 10.1. The minimum atomic E-state index is 0.747. The number of rotatable bonds is 6. The first-order valence-electron chi connectivity index (χ1n) is 3.84. The van der Waals surface area contributed by atoms with Crippen LogP contribution in [0, 0.1) is 5.92 Å². The van der Waals surface area contributed by atoms with Crippen LogP contribution in [0.2, 0.25) is 0 Å². The van der Waals surface area contributed by atoms with E-state index in [-0.39, 0.29) is 0 Å².